The maximum atomic E-state index is 12.3. The van der Waals surface area contributed by atoms with E-state index in [-0.39, 0.29) is 5.56 Å². The van der Waals surface area contributed by atoms with E-state index in [1.807, 2.05) is 35.9 Å². The second kappa shape index (κ2) is 4.78. The molecule has 1 aromatic heterocycles. The molecule has 0 aliphatic heterocycles. The number of nitrogens with zero attached hydrogens (tertiary/aromatic N) is 2. The molecule has 0 spiro atoms. The van der Waals surface area contributed by atoms with Gasteiger partial charge in [0.1, 0.15) is 5.69 Å². The van der Waals surface area contributed by atoms with E-state index < -0.39 is 0 Å². The van der Waals surface area contributed by atoms with Gasteiger partial charge in [-0.15, -0.1) is 0 Å². The minimum atomic E-state index is 0.0274. The van der Waals surface area contributed by atoms with Gasteiger partial charge in [0.05, 0.1) is 11.0 Å². The number of fused-ring (bicyclic) bond motifs is 1. The summed E-state index contributed by atoms with van der Waals surface area (Å²) < 4.78 is 1.87. The fourth-order valence-electron chi connectivity index (χ4n) is 2.67. The van der Waals surface area contributed by atoms with Gasteiger partial charge in [0, 0.05) is 12.6 Å². The molecule has 1 aromatic carbocycles. The third kappa shape index (κ3) is 2.28. The van der Waals surface area contributed by atoms with Gasteiger partial charge in [-0.2, -0.15) is 0 Å². The number of aromatic nitrogens is 2. The van der Waals surface area contributed by atoms with Gasteiger partial charge in [0.25, 0.3) is 5.56 Å². The van der Waals surface area contributed by atoms with Crippen LogP contribution in [-0.2, 0) is 6.54 Å². The predicted octanol–water partition coefficient (Wildman–Crippen LogP) is 1.70. The molecule has 3 rings (SSSR count). The highest BCUT2D eigenvalue weighted by molar-refractivity contribution is 5.74. The Morgan fingerprint density at radius 3 is 2.84 bits per heavy atom. The maximum absolute atomic E-state index is 12.3. The molecule has 4 nitrogen and oxygen atoms in total. The Bertz CT molecular complexity index is 658. The molecule has 1 aliphatic rings. The molecule has 1 heterocycles. The quantitative estimate of drug-likeness (QED) is 0.907. The van der Waals surface area contributed by atoms with Crippen LogP contribution in [0.25, 0.3) is 11.0 Å². The van der Waals surface area contributed by atoms with E-state index in [0.29, 0.717) is 17.7 Å². The zero-order valence-corrected chi connectivity index (χ0v) is 11.4. The second-order valence-electron chi connectivity index (χ2n) is 5.33. The van der Waals surface area contributed by atoms with Gasteiger partial charge in [-0.3, -0.25) is 4.79 Å². The van der Waals surface area contributed by atoms with Crippen molar-refractivity contribution in [1.82, 2.24) is 14.9 Å². The third-order valence-electron chi connectivity index (χ3n) is 3.96. The highest BCUT2D eigenvalue weighted by Crippen LogP contribution is 2.33. The van der Waals surface area contributed by atoms with Gasteiger partial charge >= 0.3 is 0 Å². The van der Waals surface area contributed by atoms with Gasteiger partial charge in [-0.1, -0.05) is 12.1 Å². The molecule has 1 atom stereocenters. The molecule has 4 heteroatoms. The summed E-state index contributed by atoms with van der Waals surface area (Å²) in [4.78, 5) is 16.7. The summed E-state index contributed by atoms with van der Waals surface area (Å²) in [5.74, 6) is 0.712. The molecule has 0 saturated heterocycles. The Balaban J connectivity index is 2.10. The summed E-state index contributed by atoms with van der Waals surface area (Å²) >= 11 is 0. The number of rotatable bonds is 4. The van der Waals surface area contributed by atoms with E-state index in [2.05, 4.69) is 10.3 Å². The number of benzene rings is 1. The summed E-state index contributed by atoms with van der Waals surface area (Å²) in [6, 6.07) is 8.23. The van der Waals surface area contributed by atoms with Crippen molar-refractivity contribution in [3.63, 3.8) is 0 Å². The highest BCUT2D eigenvalue weighted by Gasteiger charge is 2.30. The van der Waals surface area contributed by atoms with Crippen molar-refractivity contribution in [1.29, 1.82) is 0 Å². The van der Waals surface area contributed by atoms with E-state index in [1.165, 1.54) is 12.8 Å². The van der Waals surface area contributed by atoms with Crippen molar-refractivity contribution in [3.8, 4) is 0 Å². The zero-order chi connectivity index (χ0) is 13.4. The lowest BCUT2D eigenvalue weighted by atomic mass is 10.1. The van der Waals surface area contributed by atoms with Crippen LogP contribution in [0.1, 0.15) is 18.5 Å². The monoisotopic (exact) mass is 257 g/mol. The van der Waals surface area contributed by atoms with E-state index in [9.17, 15) is 4.79 Å². The lowest BCUT2D eigenvalue weighted by Gasteiger charge is -2.18. The summed E-state index contributed by atoms with van der Waals surface area (Å²) in [7, 11) is 1.98. The first kappa shape index (κ1) is 12.4. The van der Waals surface area contributed by atoms with Crippen molar-refractivity contribution < 1.29 is 0 Å². The summed E-state index contributed by atoms with van der Waals surface area (Å²) in [5, 5.41) is 3.34. The molecule has 19 heavy (non-hydrogen) atoms. The van der Waals surface area contributed by atoms with Gasteiger partial charge in [-0.05, 0) is 44.9 Å². The lowest BCUT2D eigenvalue weighted by Crippen LogP contribution is -2.37. The third-order valence-corrected chi connectivity index (χ3v) is 3.96. The molecule has 2 aromatic rings. The number of hydrogen-bond donors (Lipinski definition) is 1. The van der Waals surface area contributed by atoms with Gasteiger partial charge in [0.15, 0.2) is 0 Å². The van der Waals surface area contributed by atoms with Crippen LogP contribution in [-0.4, -0.2) is 22.6 Å². The average molecular weight is 257 g/mol. The molecule has 1 saturated carbocycles. The van der Waals surface area contributed by atoms with Gasteiger partial charge < -0.3 is 9.88 Å². The average Bonchev–Trinajstić information content (AvgIpc) is 3.24. The number of hydrogen-bond acceptors (Lipinski definition) is 3. The van der Waals surface area contributed by atoms with Crippen LogP contribution in [0.4, 0.5) is 0 Å². The molecule has 0 bridgehead atoms. The number of nitrogens with one attached hydrogen (secondary N) is 1. The van der Waals surface area contributed by atoms with Crippen molar-refractivity contribution in [2.45, 2.75) is 32.4 Å². The Kier molecular flexibility index (Phi) is 3.11. The molecule has 100 valence electrons. The van der Waals surface area contributed by atoms with Crippen molar-refractivity contribution in [3.05, 3.63) is 40.3 Å². The summed E-state index contributed by atoms with van der Waals surface area (Å²) in [5.41, 5.74) is 2.42. The van der Waals surface area contributed by atoms with Crippen LogP contribution < -0.4 is 10.9 Å². The lowest BCUT2D eigenvalue weighted by molar-refractivity contribution is 0.435. The van der Waals surface area contributed by atoms with Crippen LogP contribution in [0, 0.1) is 12.8 Å². The van der Waals surface area contributed by atoms with E-state index in [1.54, 1.807) is 6.92 Å². The standard InChI is InChI=1S/C15H19N3O/c1-10-15(19)18(9-13(16-2)11-7-8-11)14-6-4-3-5-12(14)17-10/h3-6,11,13,16H,7-9H2,1-2H3. The molecule has 1 unspecified atom stereocenters. The second-order valence-corrected chi connectivity index (χ2v) is 5.33. The summed E-state index contributed by atoms with van der Waals surface area (Å²) in [6.07, 6.45) is 2.53. The topological polar surface area (TPSA) is 46.9 Å². The molecule has 1 aliphatic carbocycles. The number of likely N-dealkylation sites (N-methyl/N-ethyl adjacent to an activating group) is 1. The largest absolute Gasteiger partial charge is 0.315 e. The fourth-order valence-corrected chi connectivity index (χ4v) is 2.67. The summed E-state index contributed by atoms with van der Waals surface area (Å²) in [6.45, 7) is 2.51. The first-order valence-electron chi connectivity index (χ1n) is 6.84. The zero-order valence-electron chi connectivity index (χ0n) is 11.4. The SMILES string of the molecule is CNC(Cn1c(=O)c(C)nc2ccccc21)C1CC1. The first-order chi connectivity index (χ1) is 9.20. The van der Waals surface area contributed by atoms with Gasteiger partial charge in [0.2, 0.25) is 0 Å². The fraction of sp³-hybridized carbons (Fsp3) is 0.467. The molecule has 0 amide bonds. The molecule has 1 N–H and O–H groups in total. The van der Waals surface area contributed by atoms with E-state index in [4.69, 9.17) is 0 Å². The Morgan fingerprint density at radius 2 is 2.16 bits per heavy atom. The van der Waals surface area contributed by atoms with E-state index in [0.717, 1.165) is 17.6 Å². The smallest absolute Gasteiger partial charge is 0.272 e. The van der Waals surface area contributed by atoms with Crippen LogP contribution in [0.15, 0.2) is 29.1 Å². The molecular weight excluding hydrogens is 238 g/mol. The van der Waals surface area contributed by atoms with Crippen LogP contribution in [0.5, 0.6) is 0 Å². The predicted molar refractivity (Wildman–Crippen MR) is 76.3 cm³/mol. The van der Waals surface area contributed by atoms with Crippen molar-refractivity contribution in [2.24, 2.45) is 5.92 Å². The van der Waals surface area contributed by atoms with Crippen LogP contribution in [0.3, 0.4) is 0 Å². The Labute approximate surface area is 112 Å². The Hall–Kier alpha value is -1.68. The maximum Gasteiger partial charge on any atom is 0.272 e. The van der Waals surface area contributed by atoms with Gasteiger partial charge in [-0.25, -0.2) is 4.98 Å². The molecule has 0 radical (unpaired) electrons. The number of aryl methyl sites for hydroxylation is 1. The Morgan fingerprint density at radius 1 is 1.42 bits per heavy atom. The first-order valence-corrected chi connectivity index (χ1v) is 6.84. The highest BCUT2D eigenvalue weighted by atomic mass is 16.1. The van der Waals surface area contributed by atoms with Crippen molar-refractivity contribution in [2.75, 3.05) is 7.05 Å². The normalized spacial score (nSPS) is 16.7. The molecular formula is C15H19N3O. The van der Waals surface area contributed by atoms with Crippen molar-refractivity contribution >= 4 is 11.0 Å². The van der Waals surface area contributed by atoms with E-state index >= 15 is 0 Å². The minimum absolute atomic E-state index is 0.0274. The van der Waals surface area contributed by atoms with Crippen LogP contribution in [0.2, 0.25) is 0 Å². The minimum Gasteiger partial charge on any atom is -0.315 e. The van der Waals surface area contributed by atoms with Crippen LogP contribution >= 0.6 is 0 Å². The number of para-hydroxylation sites is 2. The molecule has 1 fully saturated rings.